The predicted octanol–water partition coefficient (Wildman–Crippen LogP) is 5.12. The quantitative estimate of drug-likeness (QED) is 0.809. The summed E-state index contributed by atoms with van der Waals surface area (Å²) in [7, 11) is 0. The van der Waals surface area contributed by atoms with Gasteiger partial charge in [0.05, 0.1) is 5.02 Å². The van der Waals surface area contributed by atoms with Crippen LogP contribution in [0.3, 0.4) is 0 Å². The highest BCUT2D eigenvalue weighted by molar-refractivity contribution is 7.10. The van der Waals surface area contributed by atoms with Gasteiger partial charge in [-0.2, -0.15) is 0 Å². The van der Waals surface area contributed by atoms with Gasteiger partial charge in [0.2, 0.25) is 0 Å². The van der Waals surface area contributed by atoms with Crippen LogP contribution in [-0.2, 0) is 0 Å². The molecule has 0 radical (unpaired) electrons. The molecule has 3 atom stereocenters. The molecule has 2 rings (SSSR count). The fraction of sp³-hybridized carbons (Fsp3) is 0.733. The van der Waals surface area contributed by atoms with Crippen molar-refractivity contribution in [2.24, 2.45) is 17.8 Å². The van der Waals surface area contributed by atoms with Crippen LogP contribution in [-0.4, -0.2) is 6.54 Å². The average molecular weight is 286 g/mol. The van der Waals surface area contributed by atoms with E-state index in [0.717, 1.165) is 29.3 Å². The van der Waals surface area contributed by atoms with Crippen LogP contribution in [0, 0.1) is 17.8 Å². The van der Waals surface area contributed by atoms with E-state index in [1.54, 1.807) is 11.3 Å². The molecular weight excluding hydrogens is 262 g/mol. The molecule has 1 nitrogen and oxygen atoms in total. The Balaban J connectivity index is 2.17. The number of hydrogen-bond donors (Lipinski definition) is 1. The van der Waals surface area contributed by atoms with Crippen molar-refractivity contribution in [3.8, 4) is 0 Å². The number of halogens is 1. The zero-order valence-electron chi connectivity index (χ0n) is 11.6. The molecule has 1 heterocycles. The highest BCUT2D eigenvalue weighted by Crippen LogP contribution is 2.42. The molecule has 102 valence electrons. The van der Waals surface area contributed by atoms with Crippen LogP contribution in [0.25, 0.3) is 0 Å². The summed E-state index contributed by atoms with van der Waals surface area (Å²) in [4.78, 5) is 1.34. The van der Waals surface area contributed by atoms with Gasteiger partial charge in [-0.15, -0.1) is 11.3 Å². The first-order valence-corrected chi connectivity index (χ1v) is 8.33. The third-order valence-electron chi connectivity index (χ3n) is 4.04. The Morgan fingerprint density at radius 2 is 2.00 bits per heavy atom. The summed E-state index contributed by atoms with van der Waals surface area (Å²) in [6, 6.07) is 2.48. The number of thiophene rings is 1. The van der Waals surface area contributed by atoms with Crippen LogP contribution < -0.4 is 5.32 Å². The summed E-state index contributed by atoms with van der Waals surface area (Å²) >= 11 is 8.13. The summed E-state index contributed by atoms with van der Waals surface area (Å²) in [5, 5.41) is 6.71. The Morgan fingerprint density at radius 3 is 2.50 bits per heavy atom. The van der Waals surface area contributed by atoms with Gasteiger partial charge < -0.3 is 5.32 Å². The highest BCUT2D eigenvalue weighted by atomic mass is 35.5. The summed E-state index contributed by atoms with van der Waals surface area (Å²) in [6.45, 7) is 7.98. The molecule has 1 fully saturated rings. The third kappa shape index (κ3) is 3.28. The van der Waals surface area contributed by atoms with Crippen molar-refractivity contribution in [2.75, 3.05) is 6.54 Å². The standard InChI is InChI=1S/C15H24ClNS/c1-4-17-14(15-13(16)5-6-18-15)12-8-10(2)7-11(3)9-12/h5-6,10-12,14,17H,4,7-9H2,1-3H3. The molecule has 0 amide bonds. The minimum Gasteiger partial charge on any atom is -0.309 e. The maximum Gasteiger partial charge on any atom is 0.0561 e. The molecule has 0 aromatic carbocycles. The number of hydrogen-bond acceptors (Lipinski definition) is 2. The molecule has 1 aromatic rings. The largest absolute Gasteiger partial charge is 0.309 e. The third-order valence-corrected chi connectivity index (χ3v) is 5.48. The fourth-order valence-corrected chi connectivity index (χ4v) is 4.84. The van der Waals surface area contributed by atoms with Crippen LogP contribution in [0.15, 0.2) is 11.4 Å². The molecule has 18 heavy (non-hydrogen) atoms. The van der Waals surface area contributed by atoms with Gasteiger partial charge >= 0.3 is 0 Å². The maximum absolute atomic E-state index is 6.33. The van der Waals surface area contributed by atoms with Crippen LogP contribution in [0.1, 0.15) is 51.0 Å². The van der Waals surface area contributed by atoms with E-state index < -0.39 is 0 Å². The Bertz CT molecular complexity index is 366. The Hall–Kier alpha value is -0.0500. The molecule has 1 aliphatic carbocycles. The van der Waals surface area contributed by atoms with Crippen LogP contribution in [0.5, 0.6) is 0 Å². The zero-order valence-corrected chi connectivity index (χ0v) is 13.2. The first kappa shape index (κ1) is 14.4. The lowest BCUT2D eigenvalue weighted by Gasteiger charge is -2.36. The average Bonchev–Trinajstić information content (AvgIpc) is 2.71. The maximum atomic E-state index is 6.33. The van der Waals surface area contributed by atoms with Crippen molar-refractivity contribution < 1.29 is 0 Å². The van der Waals surface area contributed by atoms with Crippen molar-refractivity contribution >= 4 is 22.9 Å². The monoisotopic (exact) mass is 285 g/mol. The van der Waals surface area contributed by atoms with E-state index in [-0.39, 0.29) is 0 Å². The number of nitrogens with one attached hydrogen (secondary N) is 1. The van der Waals surface area contributed by atoms with E-state index in [2.05, 4.69) is 31.5 Å². The van der Waals surface area contributed by atoms with E-state index >= 15 is 0 Å². The Morgan fingerprint density at radius 1 is 1.33 bits per heavy atom. The molecule has 0 bridgehead atoms. The van der Waals surface area contributed by atoms with Crippen molar-refractivity contribution in [1.82, 2.24) is 5.32 Å². The van der Waals surface area contributed by atoms with E-state index in [1.807, 2.05) is 6.07 Å². The van der Waals surface area contributed by atoms with E-state index in [4.69, 9.17) is 11.6 Å². The number of rotatable bonds is 4. The van der Waals surface area contributed by atoms with Crippen molar-refractivity contribution in [2.45, 2.75) is 46.1 Å². The summed E-state index contributed by atoms with van der Waals surface area (Å²) in [6.07, 6.45) is 4.04. The molecule has 1 aromatic heterocycles. The molecule has 0 spiro atoms. The molecule has 1 N–H and O–H groups in total. The summed E-state index contributed by atoms with van der Waals surface area (Å²) in [5.74, 6) is 2.43. The van der Waals surface area contributed by atoms with Crippen LogP contribution in [0.4, 0.5) is 0 Å². The second-order valence-electron chi connectivity index (χ2n) is 5.85. The lowest BCUT2D eigenvalue weighted by molar-refractivity contribution is 0.179. The molecule has 0 aliphatic heterocycles. The van der Waals surface area contributed by atoms with Gasteiger partial charge in [-0.1, -0.05) is 32.4 Å². The zero-order chi connectivity index (χ0) is 13.1. The molecule has 0 saturated heterocycles. The van der Waals surface area contributed by atoms with Crippen LogP contribution in [0.2, 0.25) is 5.02 Å². The molecular formula is C15H24ClNS. The van der Waals surface area contributed by atoms with E-state index in [0.29, 0.717) is 6.04 Å². The fourth-order valence-electron chi connectivity index (χ4n) is 3.50. The normalized spacial score (nSPS) is 30.3. The van der Waals surface area contributed by atoms with Gasteiger partial charge in [0.25, 0.3) is 0 Å². The smallest absolute Gasteiger partial charge is 0.0561 e. The predicted molar refractivity (Wildman–Crippen MR) is 81.4 cm³/mol. The minimum absolute atomic E-state index is 0.452. The first-order chi connectivity index (χ1) is 8.61. The summed E-state index contributed by atoms with van der Waals surface area (Å²) < 4.78 is 0. The van der Waals surface area contributed by atoms with Gasteiger partial charge in [0, 0.05) is 10.9 Å². The Labute approximate surface area is 120 Å². The van der Waals surface area contributed by atoms with Crippen molar-refractivity contribution in [3.63, 3.8) is 0 Å². The Kier molecular flexibility index (Phi) is 5.11. The van der Waals surface area contributed by atoms with E-state index in [9.17, 15) is 0 Å². The second-order valence-corrected chi connectivity index (χ2v) is 7.20. The first-order valence-electron chi connectivity index (χ1n) is 7.08. The van der Waals surface area contributed by atoms with Gasteiger partial charge in [-0.3, -0.25) is 0 Å². The highest BCUT2D eigenvalue weighted by Gasteiger charge is 2.31. The van der Waals surface area contributed by atoms with Gasteiger partial charge in [0.1, 0.15) is 0 Å². The minimum atomic E-state index is 0.452. The lowest BCUT2D eigenvalue weighted by atomic mass is 9.73. The molecule has 1 aliphatic rings. The van der Waals surface area contributed by atoms with Gasteiger partial charge in [0.15, 0.2) is 0 Å². The van der Waals surface area contributed by atoms with Crippen LogP contribution >= 0.6 is 22.9 Å². The van der Waals surface area contributed by atoms with E-state index in [1.165, 1.54) is 24.1 Å². The summed E-state index contributed by atoms with van der Waals surface area (Å²) in [5.41, 5.74) is 0. The van der Waals surface area contributed by atoms with Crippen molar-refractivity contribution in [3.05, 3.63) is 21.3 Å². The van der Waals surface area contributed by atoms with Crippen molar-refractivity contribution in [1.29, 1.82) is 0 Å². The molecule has 1 saturated carbocycles. The SMILES string of the molecule is CCNC(c1sccc1Cl)C1CC(C)CC(C)C1. The topological polar surface area (TPSA) is 12.0 Å². The van der Waals surface area contributed by atoms with Gasteiger partial charge in [-0.05, 0) is 55.0 Å². The molecule has 3 unspecified atom stereocenters. The van der Waals surface area contributed by atoms with Gasteiger partial charge in [-0.25, -0.2) is 0 Å². The second kappa shape index (κ2) is 6.40. The lowest BCUT2D eigenvalue weighted by Crippen LogP contribution is -2.32. The molecule has 3 heteroatoms.